The van der Waals surface area contributed by atoms with Gasteiger partial charge in [0.25, 0.3) is 0 Å². The van der Waals surface area contributed by atoms with Gasteiger partial charge in [0.1, 0.15) is 11.2 Å². The number of hydrogen-bond donors (Lipinski definition) is 0. The molecule has 44 heavy (non-hydrogen) atoms. The van der Waals surface area contributed by atoms with Crippen LogP contribution in [0.4, 0.5) is 5.69 Å². The molecule has 0 N–H and O–H groups in total. The summed E-state index contributed by atoms with van der Waals surface area (Å²) in [7, 11) is 0. The number of aryl methyl sites for hydroxylation is 1. The maximum atomic E-state index is 7.65. The second-order valence-electron chi connectivity index (χ2n) is 11.4. The molecular weight excluding hydrogens is 721 g/mol. The van der Waals surface area contributed by atoms with Crippen molar-refractivity contribution < 1.29 is 28.6 Å². The van der Waals surface area contributed by atoms with E-state index in [0.717, 1.165) is 60.8 Å². The van der Waals surface area contributed by atoms with E-state index in [1.165, 1.54) is 6.20 Å². The van der Waals surface area contributed by atoms with Crippen molar-refractivity contribution >= 4 is 55.2 Å². The number of nitrogens with zero attached hydrogens (tertiary/aromatic N) is 4. The number of aromatic nitrogens is 3. The van der Waals surface area contributed by atoms with Gasteiger partial charge in [-0.1, -0.05) is 61.9 Å². The molecule has 6 heteroatoms. The molecule has 0 aliphatic heterocycles. The molecule has 0 amide bonds. The minimum Gasteiger partial charge on any atom is -0.465 e. The summed E-state index contributed by atoms with van der Waals surface area (Å²) in [6.45, 7) is 11.5. The molecular formula is C38H28IrN4O-2. The van der Waals surface area contributed by atoms with Gasteiger partial charge in [0, 0.05) is 35.8 Å². The molecule has 0 unspecified atom stereocenters. The van der Waals surface area contributed by atoms with Crippen LogP contribution in [0.25, 0.3) is 65.6 Å². The Morgan fingerprint density at radius 1 is 0.955 bits per heavy atom. The van der Waals surface area contributed by atoms with E-state index in [-0.39, 0.29) is 25.5 Å². The second-order valence-corrected chi connectivity index (χ2v) is 11.4. The molecule has 0 bridgehead atoms. The molecule has 8 rings (SSSR count). The normalized spacial score (nSPS) is 12.7. The van der Waals surface area contributed by atoms with Crippen LogP contribution in [0.3, 0.4) is 0 Å². The summed E-state index contributed by atoms with van der Waals surface area (Å²) >= 11 is 0. The maximum absolute atomic E-state index is 7.65. The summed E-state index contributed by atoms with van der Waals surface area (Å²) in [6.07, 6.45) is 1.48. The molecule has 8 aromatic rings. The van der Waals surface area contributed by atoms with Crippen LogP contribution in [0.5, 0.6) is 0 Å². The first-order valence-corrected chi connectivity index (χ1v) is 14.0. The van der Waals surface area contributed by atoms with Crippen LogP contribution >= 0.6 is 0 Å². The monoisotopic (exact) mass is 752 g/mol. The average molecular weight is 752 g/mol. The number of benzene rings is 4. The van der Waals surface area contributed by atoms with E-state index in [0.29, 0.717) is 16.8 Å². The van der Waals surface area contributed by atoms with Crippen molar-refractivity contribution in [2.45, 2.75) is 33.0 Å². The van der Waals surface area contributed by atoms with E-state index >= 15 is 0 Å². The zero-order chi connectivity index (χ0) is 32.2. The Labute approximate surface area is 273 Å². The number of hydrogen-bond acceptors (Lipinski definition) is 3. The molecule has 4 aromatic carbocycles. The molecule has 217 valence electrons. The first-order valence-electron chi connectivity index (χ1n) is 15.5. The van der Waals surface area contributed by atoms with Crippen molar-refractivity contribution in [3.63, 3.8) is 0 Å². The molecule has 0 aliphatic rings. The Morgan fingerprint density at radius 3 is 2.55 bits per heavy atom. The van der Waals surface area contributed by atoms with Gasteiger partial charge in [0.15, 0.2) is 5.69 Å². The van der Waals surface area contributed by atoms with Crippen LogP contribution < -0.4 is 0 Å². The number of para-hydroxylation sites is 2. The van der Waals surface area contributed by atoms with Gasteiger partial charge >= 0.3 is 0 Å². The van der Waals surface area contributed by atoms with Gasteiger partial charge in [-0.05, 0) is 47.3 Å². The number of fused-ring (bicyclic) bond motifs is 10. The number of furan rings is 1. The summed E-state index contributed by atoms with van der Waals surface area (Å²) in [6, 6.07) is 35.3. The Morgan fingerprint density at radius 2 is 1.77 bits per heavy atom. The molecule has 4 aromatic heterocycles. The van der Waals surface area contributed by atoms with Gasteiger partial charge in [0.05, 0.1) is 28.8 Å². The summed E-state index contributed by atoms with van der Waals surface area (Å²) in [5.74, 6) is 0. The topological polar surface area (TPSA) is 47.7 Å². The predicted octanol–water partition coefficient (Wildman–Crippen LogP) is 10.0. The summed E-state index contributed by atoms with van der Waals surface area (Å²) in [5, 5.41) is 2.70. The third-order valence-electron chi connectivity index (χ3n) is 7.59. The zero-order valence-corrected chi connectivity index (χ0v) is 26.7. The first-order chi connectivity index (χ1) is 22.1. The molecule has 4 heterocycles. The van der Waals surface area contributed by atoms with Crippen LogP contribution in [-0.4, -0.2) is 14.4 Å². The average Bonchev–Trinajstić information content (AvgIpc) is 3.64. The van der Waals surface area contributed by atoms with E-state index in [4.69, 9.17) is 20.1 Å². The van der Waals surface area contributed by atoms with Crippen molar-refractivity contribution in [3.8, 4) is 11.3 Å². The summed E-state index contributed by atoms with van der Waals surface area (Å²) in [5.41, 5.74) is 8.18. The number of rotatable bonds is 1. The summed E-state index contributed by atoms with van der Waals surface area (Å²) in [4.78, 5) is 12.9. The maximum Gasteiger partial charge on any atom is 0.200 e. The van der Waals surface area contributed by atoms with Crippen molar-refractivity contribution in [3.05, 3.63) is 132 Å². The van der Waals surface area contributed by atoms with E-state index in [1.54, 1.807) is 0 Å². The molecule has 0 saturated heterocycles. The quantitative estimate of drug-likeness (QED) is 0.157. The third kappa shape index (κ3) is 4.85. The van der Waals surface area contributed by atoms with Crippen molar-refractivity contribution in [1.29, 1.82) is 0 Å². The predicted molar refractivity (Wildman–Crippen MR) is 175 cm³/mol. The van der Waals surface area contributed by atoms with E-state index < -0.39 is 6.85 Å². The Kier molecular flexibility index (Phi) is 6.62. The SMILES string of the molecule is [2H]C([2H])([2H])c1cnc(-c2[c-]cccc2)cc1C(C)(C)C.[C-]#[N+]c1cccc2oc3c4ccc[c-]c4c4nc5ccccc5n4c3c12.[Ir]. The first kappa shape index (κ1) is 25.7. The van der Waals surface area contributed by atoms with Crippen LogP contribution in [0.2, 0.25) is 0 Å². The van der Waals surface area contributed by atoms with Crippen LogP contribution in [0.15, 0.2) is 102 Å². The molecule has 0 aliphatic carbocycles. The molecule has 0 saturated carbocycles. The Hall–Kier alpha value is -4.82. The van der Waals surface area contributed by atoms with E-state index in [9.17, 15) is 0 Å². The van der Waals surface area contributed by atoms with Gasteiger partial charge in [-0.2, -0.15) is 0 Å². The molecule has 1 radical (unpaired) electrons. The van der Waals surface area contributed by atoms with E-state index in [2.05, 4.69) is 26.4 Å². The number of imidazole rings is 1. The molecule has 0 fully saturated rings. The molecule has 0 atom stereocenters. The zero-order valence-electron chi connectivity index (χ0n) is 27.3. The van der Waals surface area contributed by atoms with Gasteiger partial charge in [0.2, 0.25) is 0 Å². The fourth-order valence-corrected chi connectivity index (χ4v) is 5.61. The largest absolute Gasteiger partial charge is 0.465 e. The van der Waals surface area contributed by atoms with Gasteiger partial charge in [-0.3, -0.25) is 4.98 Å². The van der Waals surface area contributed by atoms with Gasteiger partial charge in [-0.15, -0.1) is 60.2 Å². The van der Waals surface area contributed by atoms with Crippen molar-refractivity contribution in [1.82, 2.24) is 14.4 Å². The minimum absolute atomic E-state index is 0. The Bertz CT molecular complexity index is 2470. The van der Waals surface area contributed by atoms with Crippen molar-refractivity contribution in [2.75, 3.05) is 0 Å². The minimum atomic E-state index is -2.14. The summed E-state index contributed by atoms with van der Waals surface area (Å²) < 4.78 is 31.3. The standard InChI is InChI=1S/C22H10N3O.C16H18N.Ir/c1-23-16-10-6-12-18-19(16)20-21(26-18)13-7-2-3-8-14(13)22-24-15-9-4-5-11-17(15)25(20)22;1-12-11-17-15(10-14(12)16(2,3)4)13-8-6-5-7-9-13;/h2-7,9-12H;5-8,10-11H,1-4H3;/q2*-1;/i;1D3;. The number of pyridine rings is 2. The third-order valence-corrected chi connectivity index (χ3v) is 7.59. The fourth-order valence-electron chi connectivity index (χ4n) is 5.61. The van der Waals surface area contributed by atoms with Crippen molar-refractivity contribution in [2.24, 2.45) is 0 Å². The molecule has 0 spiro atoms. The fraction of sp³-hybridized carbons (Fsp3) is 0.132. The van der Waals surface area contributed by atoms with Crippen LogP contribution in [0.1, 0.15) is 36.0 Å². The van der Waals surface area contributed by atoms with E-state index in [1.807, 2.05) is 112 Å². The molecule has 5 nitrogen and oxygen atoms in total. The van der Waals surface area contributed by atoms with Crippen LogP contribution in [-0.2, 0) is 25.5 Å². The van der Waals surface area contributed by atoms with Gasteiger partial charge < -0.3 is 13.8 Å². The van der Waals surface area contributed by atoms with Gasteiger partial charge in [-0.25, -0.2) is 4.85 Å². The smallest absolute Gasteiger partial charge is 0.200 e. The Balaban J connectivity index is 0.000000167. The van der Waals surface area contributed by atoms with Crippen LogP contribution in [0, 0.1) is 25.6 Å². The second kappa shape index (κ2) is 11.4.